The van der Waals surface area contributed by atoms with E-state index < -0.39 is 17.3 Å². The Morgan fingerprint density at radius 3 is 2.63 bits per heavy atom. The Bertz CT molecular complexity index is 902. The van der Waals surface area contributed by atoms with Gasteiger partial charge >= 0.3 is 5.97 Å². The van der Waals surface area contributed by atoms with Crippen LogP contribution in [0.1, 0.15) is 44.6 Å². The summed E-state index contributed by atoms with van der Waals surface area (Å²) in [7, 11) is 0. The summed E-state index contributed by atoms with van der Waals surface area (Å²) in [6, 6.07) is 13.8. The van der Waals surface area contributed by atoms with Gasteiger partial charge in [-0.05, 0) is 43.2 Å². The van der Waals surface area contributed by atoms with E-state index in [0.717, 1.165) is 36.0 Å². The lowest BCUT2D eigenvalue weighted by Gasteiger charge is -2.43. The lowest BCUT2D eigenvalue weighted by Crippen LogP contribution is -2.46. The predicted octanol–water partition coefficient (Wildman–Crippen LogP) is 3.71. The molecule has 2 aliphatic carbocycles. The summed E-state index contributed by atoms with van der Waals surface area (Å²) in [6.07, 6.45) is 2.42. The summed E-state index contributed by atoms with van der Waals surface area (Å²) in [5.74, 6) is -0.818. The van der Waals surface area contributed by atoms with Gasteiger partial charge in [0.15, 0.2) is 0 Å². The molecule has 0 bridgehead atoms. The van der Waals surface area contributed by atoms with Gasteiger partial charge in [0.05, 0.1) is 23.9 Å². The standard InChI is InChI=1S/C22H23N3O2/c1-3-27-21(26)22(13-24)19(15-7-5-4-6-8-15)17-11-14(2)9-10-16(17)18(12-23)20(22)25/h4-8,14,19H,3,9-11,25H2,1-2H3/t14-,19+,22+/m0/s1. The van der Waals surface area contributed by atoms with Gasteiger partial charge in [-0.25, -0.2) is 4.79 Å². The molecule has 2 aliphatic rings. The van der Waals surface area contributed by atoms with Crippen LogP contribution >= 0.6 is 0 Å². The van der Waals surface area contributed by atoms with E-state index >= 15 is 0 Å². The maximum Gasteiger partial charge on any atom is 0.333 e. The van der Waals surface area contributed by atoms with Crippen LogP contribution in [0.4, 0.5) is 0 Å². The van der Waals surface area contributed by atoms with Crippen LogP contribution in [0, 0.1) is 34.0 Å². The number of esters is 1. The Morgan fingerprint density at radius 1 is 1.33 bits per heavy atom. The molecule has 1 aromatic rings. The van der Waals surface area contributed by atoms with Gasteiger partial charge in [-0.2, -0.15) is 10.5 Å². The van der Waals surface area contributed by atoms with Crippen molar-refractivity contribution >= 4 is 5.97 Å². The minimum Gasteiger partial charge on any atom is -0.464 e. The number of hydrogen-bond acceptors (Lipinski definition) is 5. The van der Waals surface area contributed by atoms with Crippen molar-refractivity contribution in [2.75, 3.05) is 6.61 Å². The second kappa shape index (κ2) is 7.29. The van der Waals surface area contributed by atoms with Gasteiger partial charge in [0.1, 0.15) is 6.07 Å². The summed E-state index contributed by atoms with van der Waals surface area (Å²) < 4.78 is 5.29. The fraction of sp³-hybridized carbons (Fsp3) is 0.409. The smallest absolute Gasteiger partial charge is 0.333 e. The summed E-state index contributed by atoms with van der Waals surface area (Å²) in [6.45, 7) is 3.99. The highest BCUT2D eigenvalue weighted by molar-refractivity contribution is 5.88. The lowest BCUT2D eigenvalue weighted by atomic mass is 9.58. The molecule has 2 N–H and O–H groups in total. The van der Waals surface area contributed by atoms with Gasteiger partial charge in [0.25, 0.3) is 0 Å². The molecule has 0 radical (unpaired) electrons. The SMILES string of the molecule is CCOC(=O)[C@@]1(C#N)C(N)=C(C#N)C2=C(C[C@@H](C)CC2)[C@H]1c1ccccc1. The van der Waals surface area contributed by atoms with Gasteiger partial charge in [-0.3, -0.25) is 0 Å². The van der Waals surface area contributed by atoms with Crippen LogP contribution in [0.2, 0.25) is 0 Å². The third kappa shape index (κ3) is 2.80. The molecule has 1 aromatic carbocycles. The van der Waals surface area contributed by atoms with E-state index in [9.17, 15) is 15.3 Å². The number of nitrogens with zero attached hydrogens (tertiary/aromatic N) is 2. The number of allylic oxidation sites excluding steroid dienone is 3. The molecule has 0 amide bonds. The summed E-state index contributed by atoms with van der Waals surface area (Å²) >= 11 is 0. The maximum atomic E-state index is 13.1. The molecule has 5 nitrogen and oxygen atoms in total. The monoisotopic (exact) mass is 361 g/mol. The van der Waals surface area contributed by atoms with E-state index in [-0.39, 0.29) is 17.9 Å². The number of hydrogen-bond donors (Lipinski definition) is 1. The minimum atomic E-state index is -1.72. The van der Waals surface area contributed by atoms with Gasteiger partial charge in [-0.1, -0.05) is 42.8 Å². The molecule has 5 heteroatoms. The average Bonchev–Trinajstić information content (AvgIpc) is 2.68. The molecule has 0 unspecified atom stereocenters. The summed E-state index contributed by atoms with van der Waals surface area (Å²) in [5, 5.41) is 20.0. The Hall–Kier alpha value is -3.05. The first kappa shape index (κ1) is 18.7. The number of benzene rings is 1. The highest BCUT2D eigenvalue weighted by Gasteiger charge is 2.56. The predicted molar refractivity (Wildman–Crippen MR) is 101 cm³/mol. The molecule has 0 heterocycles. The van der Waals surface area contributed by atoms with Crippen molar-refractivity contribution in [1.29, 1.82) is 10.5 Å². The van der Waals surface area contributed by atoms with E-state index in [1.54, 1.807) is 6.92 Å². The third-order valence-corrected chi connectivity index (χ3v) is 5.64. The molecule has 27 heavy (non-hydrogen) atoms. The van der Waals surface area contributed by atoms with Crippen molar-refractivity contribution in [3.05, 3.63) is 58.3 Å². The van der Waals surface area contributed by atoms with E-state index in [1.165, 1.54) is 0 Å². The van der Waals surface area contributed by atoms with Crippen molar-refractivity contribution in [2.24, 2.45) is 17.1 Å². The number of nitrogens with two attached hydrogens (primary N) is 1. The fourth-order valence-electron chi connectivity index (χ4n) is 4.37. The summed E-state index contributed by atoms with van der Waals surface area (Å²) in [5.41, 5.74) is 7.67. The lowest BCUT2D eigenvalue weighted by molar-refractivity contribution is -0.151. The van der Waals surface area contributed by atoms with Crippen LogP contribution in [0.25, 0.3) is 0 Å². The fourth-order valence-corrected chi connectivity index (χ4v) is 4.37. The number of rotatable bonds is 3. The molecular formula is C22H23N3O2. The average molecular weight is 361 g/mol. The van der Waals surface area contributed by atoms with E-state index in [2.05, 4.69) is 19.1 Å². The van der Waals surface area contributed by atoms with Crippen molar-refractivity contribution in [1.82, 2.24) is 0 Å². The molecule has 0 aliphatic heterocycles. The maximum absolute atomic E-state index is 13.1. The highest BCUT2D eigenvalue weighted by atomic mass is 16.5. The van der Waals surface area contributed by atoms with Crippen LogP contribution in [0.15, 0.2) is 52.7 Å². The molecule has 0 fully saturated rings. The molecule has 0 aromatic heterocycles. The van der Waals surface area contributed by atoms with E-state index in [1.807, 2.05) is 30.3 Å². The highest BCUT2D eigenvalue weighted by Crippen LogP contribution is 2.55. The molecule has 3 rings (SSSR count). The number of carbonyl (C=O) groups excluding carboxylic acids is 1. The number of nitriles is 2. The zero-order chi connectivity index (χ0) is 19.6. The first-order chi connectivity index (χ1) is 13.0. The Labute approximate surface area is 159 Å². The first-order valence-electron chi connectivity index (χ1n) is 9.27. The van der Waals surface area contributed by atoms with Crippen molar-refractivity contribution in [3.8, 4) is 12.1 Å². The molecule has 3 atom stereocenters. The third-order valence-electron chi connectivity index (χ3n) is 5.64. The molecular weight excluding hydrogens is 338 g/mol. The van der Waals surface area contributed by atoms with E-state index in [4.69, 9.17) is 10.5 Å². The van der Waals surface area contributed by atoms with Crippen LogP contribution in [-0.2, 0) is 9.53 Å². The molecule has 0 saturated carbocycles. The normalized spacial score (nSPS) is 27.4. The van der Waals surface area contributed by atoms with Crippen LogP contribution < -0.4 is 5.73 Å². The van der Waals surface area contributed by atoms with Gasteiger partial charge in [0, 0.05) is 5.92 Å². The van der Waals surface area contributed by atoms with Crippen molar-refractivity contribution in [2.45, 2.75) is 39.0 Å². The Morgan fingerprint density at radius 2 is 2.04 bits per heavy atom. The first-order valence-corrected chi connectivity index (χ1v) is 9.27. The zero-order valence-corrected chi connectivity index (χ0v) is 15.7. The number of carbonyl (C=O) groups is 1. The van der Waals surface area contributed by atoms with Gasteiger partial charge < -0.3 is 10.5 Å². The van der Waals surface area contributed by atoms with Crippen molar-refractivity contribution in [3.63, 3.8) is 0 Å². The van der Waals surface area contributed by atoms with Gasteiger partial charge in [0.2, 0.25) is 5.41 Å². The van der Waals surface area contributed by atoms with Gasteiger partial charge in [-0.15, -0.1) is 0 Å². The van der Waals surface area contributed by atoms with Crippen LogP contribution in [-0.4, -0.2) is 12.6 Å². The largest absolute Gasteiger partial charge is 0.464 e. The second-order valence-corrected chi connectivity index (χ2v) is 7.24. The number of ether oxygens (including phenoxy) is 1. The molecule has 138 valence electrons. The van der Waals surface area contributed by atoms with Crippen molar-refractivity contribution < 1.29 is 9.53 Å². The molecule has 0 spiro atoms. The Balaban J connectivity index is 2.35. The van der Waals surface area contributed by atoms with Crippen LogP contribution in [0.3, 0.4) is 0 Å². The minimum absolute atomic E-state index is 0.0214. The summed E-state index contributed by atoms with van der Waals surface area (Å²) in [4.78, 5) is 13.1. The topological polar surface area (TPSA) is 99.9 Å². The van der Waals surface area contributed by atoms with Crippen LogP contribution in [0.5, 0.6) is 0 Å². The zero-order valence-electron chi connectivity index (χ0n) is 15.7. The quantitative estimate of drug-likeness (QED) is 0.827. The van der Waals surface area contributed by atoms with E-state index in [0.29, 0.717) is 5.92 Å². The second-order valence-electron chi connectivity index (χ2n) is 7.24. The molecule has 0 saturated heterocycles. The Kier molecular flexibility index (Phi) is 5.06.